The summed E-state index contributed by atoms with van der Waals surface area (Å²) in [5.74, 6) is 0.838. The number of rotatable bonds is 2. The second kappa shape index (κ2) is 3.56. The zero-order chi connectivity index (χ0) is 10.2. The fraction of sp³-hybridized carbons (Fsp3) is 0.900. The molecule has 1 fully saturated rings. The third-order valence-corrected chi connectivity index (χ3v) is 2.65. The first kappa shape index (κ1) is 10.4. The number of hydrogen-bond donors (Lipinski definition) is 0. The van der Waals surface area contributed by atoms with Gasteiger partial charge in [-0.25, -0.2) is 4.79 Å². The van der Waals surface area contributed by atoms with Gasteiger partial charge in [0.2, 0.25) is 0 Å². The molecule has 0 spiro atoms. The monoisotopic (exact) mass is 185 g/mol. The summed E-state index contributed by atoms with van der Waals surface area (Å²) < 4.78 is 5.30. The largest absolute Gasteiger partial charge is 0.444 e. The minimum Gasteiger partial charge on any atom is -0.444 e. The van der Waals surface area contributed by atoms with Crippen molar-refractivity contribution in [1.29, 1.82) is 0 Å². The van der Waals surface area contributed by atoms with Crippen LogP contribution in [-0.2, 0) is 4.74 Å². The van der Waals surface area contributed by atoms with Gasteiger partial charge in [0.15, 0.2) is 0 Å². The highest BCUT2D eigenvalue weighted by Gasteiger charge is 2.42. The van der Waals surface area contributed by atoms with Crippen LogP contribution >= 0.6 is 0 Å². The van der Waals surface area contributed by atoms with E-state index in [1.54, 1.807) is 4.90 Å². The molecule has 1 heterocycles. The van der Waals surface area contributed by atoms with Gasteiger partial charge in [-0.2, -0.15) is 0 Å². The van der Waals surface area contributed by atoms with Gasteiger partial charge >= 0.3 is 6.09 Å². The zero-order valence-corrected chi connectivity index (χ0v) is 9.07. The molecule has 0 aromatic heterocycles. The van der Waals surface area contributed by atoms with Crippen LogP contribution in [0.4, 0.5) is 4.79 Å². The molecule has 3 nitrogen and oxygen atoms in total. The van der Waals surface area contributed by atoms with Gasteiger partial charge in [-0.15, -0.1) is 0 Å². The Morgan fingerprint density at radius 3 is 2.08 bits per heavy atom. The van der Waals surface area contributed by atoms with Crippen molar-refractivity contribution in [2.45, 2.75) is 39.8 Å². The second-order valence-electron chi connectivity index (χ2n) is 4.44. The van der Waals surface area contributed by atoms with Gasteiger partial charge in [0, 0.05) is 7.05 Å². The Bertz CT molecular complexity index is 201. The molecule has 0 aliphatic carbocycles. The predicted octanol–water partition coefficient (Wildman–Crippen LogP) is 2.12. The maximum atomic E-state index is 11.3. The summed E-state index contributed by atoms with van der Waals surface area (Å²) >= 11 is 0. The fourth-order valence-electron chi connectivity index (χ4n) is 1.97. The van der Waals surface area contributed by atoms with Crippen LogP contribution in [0.25, 0.3) is 0 Å². The first-order valence-electron chi connectivity index (χ1n) is 4.88. The van der Waals surface area contributed by atoms with Gasteiger partial charge in [-0.1, -0.05) is 27.7 Å². The van der Waals surface area contributed by atoms with Crippen molar-refractivity contribution in [3.05, 3.63) is 0 Å². The molecule has 1 aliphatic rings. The third-order valence-electron chi connectivity index (χ3n) is 2.65. The molecule has 13 heavy (non-hydrogen) atoms. The highest BCUT2D eigenvalue weighted by Crippen LogP contribution is 2.28. The molecule has 1 amide bonds. The Morgan fingerprint density at radius 1 is 1.23 bits per heavy atom. The smallest absolute Gasteiger partial charge is 0.410 e. The minimum atomic E-state index is -0.183. The van der Waals surface area contributed by atoms with Crippen LogP contribution in [-0.4, -0.2) is 30.2 Å². The molecule has 1 rings (SSSR count). The minimum absolute atomic E-state index is 0.0532. The summed E-state index contributed by atoms with van der Waals surface area (Å²) in [7, 11) is 1.81. The lowest BCUT2D eigenvalue weighted by molar-refractivity contribution is 0.0935. The average Bonchev–Trinajstić information content (AvgIpc) is 2.28. The zero-order valence-electron chi connectivity index (χ0n) is 9.07. The molecule has 2 atom stereocenters. The lowest BCUT2D eigenvalue weighted by Crippen LogP contribution is -2.40. The maximum absolute atomic E-state index is 11.3. The number of cyclic esters (lactones) is 1. The van der Waals surface area contributed by atoms with E-state index in [2.05, 4.69) is 27.7 Å². The first-order valence-corrected chi connectivity index (χ1v) is 4.88. The summed E-state index contributed by atoms with van der Waals surface area (Å²) in [6, 6.07) is 0.229. The summed E-state index contributed by atoms with van der Waals surface area (Å²) in [5, 5.41) is 0. The number of hydrogen-bond acceptors (Lipinski definition) is 2. The van der Waals surface area contributed by atoms with Crippen molar-refractivity contribution in [1.82, 2.24) is 4.90 Å². The first-order chi connectivity index (χ1) is 5.95. The van der Waals surface area contributed by atoms with E-state index in [1.807, 2.05) is 7.05 Å². The Kier molecular flexibility index (Phi) is 2.84. The van der Waals surface area contributed by atoms with Crippen molar-refractivity contribution in [3.8, 4) is 0 Å². The van der Waals surface area contributed by atoms with E-state index in [-0.39, 0.29) is 18.2 Å². The van der Waals surface area contributed by atoms with Gasteiger partial charge in [0.25, 0.3) is 0 Å². The van der Waals surface area contributed by atoms with E-state index in [0.29, 0.717) is 11.8 Å². The molecule has 2 unspecified atom stereocenters. The molecule has 0 radical (unpaired) electrons. The molecule has 0 N–H and O–H groups in total. The van der Waals surface area contributed by atoms with Crippen LogP contribution in [0, 0.1) is 11.8 Å². The Balaban J connectivity index is 2.80. The average molecular weight is 185 g/mol. The van der Waals surface area contributed by atoms with Crippen molar-refractivity contribution >= 4 is 6.09 Å². The molecular weight excluding hydrogens is 166 g/mol. The topological polar surface area (TPSA) is 29.5 Å². The fourth-order valence-corrected chi connectivity index (χ4v) is 1.97. The highest BCUT2D eigenvalue weighted by molar-refractivity contribution is 5.70. The van der Waals surface area contributed by atoms with Crippen LogP contribution < -0.4 is 0 Å². The van der Waals surface area contributed by atoms with Crippen LogP contribution in [0.1, 0.15) is 27.7 Å². The molecule has 0 aromatic rings. The number of carbonyl (C=O) groups is 1. The van der Waals surface area contributed by atoms with E-state index >= 15 is 0 Å². The Labute approximate surface area is 80.1 Å². The summed E-state index contributed by atoms with van der Waals surface area (Å²) in [4.78, 5) is 13.0. The SMILES string of the molecule is CC(C)C1OC(=O)N(C)C1C(C)C. The molecule has 1 saturated heterocycles. The van der Waals surface area contributed by atoms with E-state index in [4.69, 9.17) is 4.74 Å². The Morgan fingerprint density at radius 2 is 1.77 bits per heavy atom. The van der Waals surface area contributed by atoms with E-state index < -0.39 is 0 Å². The number of ether oxygens (including phenoxy) is 1. The molecule has 0 bridgehead atoms. The van der Waals surface area contributed by atoms with E-state index in [0.717, 1.165) is 0 Å². The lowest BCUT2D eigenvalue weighted by atomic mass is 9.91. The number of amides is 1. The molecular formula is C10H19NO2. The quantitative estimate of drug-likeness (QED) is 0.659. The second-order valence-corrected chi connectivity index (χ2v) is 4.44. The van der Waals surface area contributed by atoms with Gasteiger partial charge in [-0.05, 0) is 11.8 Å². The van der Waals surface area contributed by atoms with Crippen molar-refractivity contribution < 1.29 is 9.53 Å². The molecule has 0 saturated carbocycles. The van der Waals surface area contributed by atoms with Gasteiger partial charge in [0.05, 0.1) is 6.04 Å². The molecule has 76 valence electrons. The maximum Gasteiger partial charge on any atom is 0.410 e. The van der Waals surface area contributed by atoms with Crippen LogP contribution in [0.15, 0.2) is 0 Å². The summed E-state index contributed by atoms with van der Waals surface area (Å²) in [6.45, 7) is 8.43. The van der Waals surface area contributed by atoms with Crippen LogP contribution in [0.5, 0.6) is 0 Å². The third kappa shape index (κ3) is 1.79. The molecule has 3 heteroatoms. The van der Waals surface area contributed by atoms with Gasteiger partial charge in [0.1, 0.15) is 6.10 Å². The lowest BCUT2D eigenvalue weighted by Gasteiger charge is -2.26. The standard InChI is InChI=1S/C10H19NO2/c1-6(2)8-9(7(3)4)13-10(12)11(8)5/h6-9H,1-5H3. The predicted molar refractivity (Wildman–Crippen MR) is 51.5 cm³/mol. The number of carbonyl (C=O) groups excluding carboxylic acids is 1. The molecule has 1 aliphatic heterocycles. The van der Waals surface area contributed by atoms with E-state index in [1.165, 1.54) is 0 Å². The highest BCUT2D eigenvalue weighted by atomic mass is 16.6. The summed E-state index contributed by atoms with van der Waals surface area (Å²) in [6.07, 6.45) is -0.130. The molecule has 0 aromatic carbocycles. The Hall–Kier alpha value is -0.730. The normalized spacial score (nSPS) is 28.8. The summed E-state index contributed by atoms with van der Waals surface area (Å²) in [5.41, 5.74) is 0. The van der Waals surface area contributed by atoms with Crippen LogP contribution in [0.3, 0.4) is 0 Å². The number of nitrogens with zero attached hydrogens (tertiary/aromatic N) is 1. The van der Waals surface area contributed by atoms with Crippen LogP contribution in [0.2, 0.25) is 0 Å². The van der Waals surface area contributed by atoms with E-state index in [9.17, 15) is 4.79 Å². The van der Waals surface area contributed by atoms with Crippen molar-refractivity contribution in [2.75, 3.05) is 7.05 Å². The van der Waals surface area contributed by atoms with Crippen molar-refractivity contribution in [2.24, 2.45) is 11.8 Å². The van der Waals surface area contributed by atoms with Crippen molar-refractivity contribution in [3.63, 3.8) is 0 Å². The van der Waals surface area contributed by atoms with Gasteiger partial charge in [-0.3, -0.25) is 0 Å². The van der Waals surface area contributed by atoms with Gasteiger partial charge < -0.3 is 9.64 Å². The number of likely N-dealkylation sites (N-methyl/N-ethyl adjacent to an activating group) is 1.